The van der Waals surface area contributed by atoms with Crippen molar-refractivity contribution in [2.45, 2.75) is 19.8 Å². The summed E-state index contributed by atoms with van der Waals surface area (Å²) in [4.78, 5) is 23.0. The van der Waals surface area contributed by atoms with Gasteiger partial charge in [-0.2, -0.15) is 0 Å². The molecule has 6 nitrogen and oxygen atoms in total. The highest BCUT2D eigenvalue weighted by molar-refractivity contribution is 6.02. The summed E-state index contributed by atoms with van der Waals surface area (Å²) < 4.78 is 4.89. The first kappa shape index (κ1) is 14.8. The van der Waals surface area contributed by atoms with E-state index in [1.54, 1.807) is 32.2 Å². The molecule has 0 saturated carbocycles. The molecule has 1 aromatic carbocycles. The smallest absolute Gasteiger partial charge is 0.294 e. The van der Waals surface area contributed by atoms with Gasteiger partial charge in [-0.05, 0) is 31.0 Å². The molecule has 6 heteroatoms. The minimum atomic E-state index is -0.339. The average molecular weight is 287 g/mol. The molecule has 0 atom stereocenters. The summed E-state index contributed by atoms with van der Waals surface area (Å²) in [5, 5.41) is 8.97. The molecule has 2 rings (SSSR count). The third kappa shape index (κ3) is 4.17. The number of nitrogens with zero attached hydrogens (tertiary/aromatic N) is 1. The van der Waals surface area contributed by atoms with Crippen LogP contribution in [0.5, 0.6) is 0 Å². The molecule has 0 fully saturated rings. The Morgan fingerprint density at radius 3 is 2.52 bits per heavy atom. The van der Waals surface area contributed by atoms with E-state index in [0.717, 1.165) is 5.56 Å². The van der Waals surface area contributed by atoms with Crippen LogP contribution in [0.15, 0.2) is 34.9 Å². The molecular weight excluding hydrogens is 270 g/mol. The van der Waals surface area contributed by atoms with Crippen LogP contribution in [0.2, 0.25) is 0 Å². The van der Waals surface area contributed by atoms with E-state index in [0.29, 0.717) is 24.2 Å². The van der Waals surface area contributed by atoms with Crippen molar-refractivity contribution in [3.8, 4) is 0 Å². The second-order valence-corrected chi connectivity index (χ2v) is 4.66. The molecule has 110 valence electrons. The summed E-state index contributed by atoms with van der Waals surface area (Å²) in [6.07, 6.45) is 1.11. The van der Waals surface area contributed by atoms with E-state index in [4.69, 9.17) is 4.52 Å². The molecule has 2 amide bonds. The number of carbonyl (C=O) groups is 2. The molecule has 0 radical (unpaired) electrons. The van der Waals surface area contributed by atoms with Gasteiger partial charge in [0.2, 0.25) is 11.7 Å². The van der Waals surface area contributed by atoms with Crippen LogP contribution in [-0.4, -0.2) is 24.0 Å². The maximum absolute atomic E-state index is 11.9. The van der Waals surface area contributed by atoms with Crippen molar-refractivity contribution in [2.24, 2.45) is 0 Å². The SMILES string of the molecule is CNC(=O)CCc1ccc(NC(=O)c2cc(C)no2)cc1. The van der Waals surface area contributed by atoms with Gasteiger partial charge in [0.25, 0.3) is 5.91 Å². The van der Waals surface area contributed by atoms with Gasteiger partial charge in [0.1, 0.15) is 0 Å². The Kier molecular flexibility index (Phi) is 4.71. The van der Waals surface area contributed by atoms with Crippen LogP contribution >= 0.6 is 0 Å². The van der Waals surface area contributed by atoms with Gasteiger partial charge in [-0.1, -0.05) is 17.3 Å². The Morgan fingerprint density at radius 2 is 1.95 bits per heavy atom. The molecule has 0 aliphatic rings. The molecule has 1 heterocycles. The number of carbonyl (C=O) groups excluding carboxylic acids is 2. The molecular formula is C15H17N3O3. The lowest BCUT2D eigenvalue weighted by Crippen LogP contribution is -2.17. The lowest BCUT2D eigenvalue weighted by atomic mass is 10.1. The second-order valence-electron chi connectivity index (χ2n) is 4.66. The van der Waals surface area contributed by atoms with Crippen LogP contribution in [0.1, 0.15) is 28.2 Å². The molecule has 0 unspecified atom stereocenters. The molecule has 2 N–H and O–H groups in total. The number of amides is 2. The Morgan fingerprint density at radius 1 is 1.24 bits per heavy atom. The highest BCUT2D eigenvalue weighted by Crippen LogP contribution is 2.13. The fraction of sp³-hybridized carbons (Fsp3) is 0.267. The third-order valence-electron chi connectivity index (χ3n) is 2.98. The maximum Gasteiger partial charge on any atom is 0.294 e. The molecule has 0 spiro atoms. The molecule has 2 aromatic rings. The third-order valence-corrected chi connectivity index (χ3v) is 2.98. The minimum Gasteiger partial charge on any atom is -0.359 e. The molecule has 0 aliphatic heterocycles. The van der Waals surface area contributed by atoms with E-state index >= 15 is 0 Å². The number of benzene rings is 1. The zero-order chi connectivity index (χ0) is 15.2. The van der Waals surface area contributed by atoms with Crippen LogP contribution in [-0.2, 0) is 11.2 Å². The first-order chi connectivity index (χ1) is 10.1. The second kappa shape index (κ2) is 6.69. The van der Waals surface area contributed by atoms with Crippen molar-refractivity contribution in [2.75, 3.05) is 12.4 Å². The van der Waals surface area contributed by atoms with Crippen molar-refractivity contribution in [3.05, 3.63) is 47.3 Å². The standard InChI is InChI=1S/C15H17N3O3/c1-10-9-13(21-18-10)15(20)17-12-6-3-11(4-7-12)5-8-14(19)16-2/h3-4,6-7,9H,5,8H2,1-2H3,(H,16,19)(H,17,20). The quantitative estimate of drug-likeness (QED) is 0.879. The lowest BCUT2D eigenvalue weighted by molar-refractivity contribution is -0.120. The molecule has 0 saturated heterocycles. The predicted octanol–water partition coefficient (Wildman–Crippen LogP) is 1.91. The summed E-state index contributed by atoms with van der Waals surface area (Å²) in [6, 6.07) is 8.92. The Balaban J connectivity index is 1.93. The van der Waals surface area contributed by atoms with Crippen molar-refractivity contribution < 1.29 is 14.1 Å². The summed E-state index contributed by atoms with van der Waals surface area (Å²) in [7, 11) is 1.62. The van der Waals surface area contributed by atoms with Gasteiger partial charge in [0, 0.05) is 25.2 Å². The Bertz CT molecular complexity index is 632. The van der Waals surface area contributed by atoms with Gasteiger partial charge < -0.3 is 15.2 Å². The number of nitrogens with one attached hydrogen (secondary N) is 2. The lowest BCUT2D eigenvalue weighted by Gasteiger charge is -2.05. The first-order valence-corrected chi connectivity index (χ1v) is 6.62. The van der Waals surface area contributed by atoms with Crippen molar-refractivity contribution in [1.29, 1.82) is 0 Å². The number of rotatable bonds is 5. The van der Waals surface area contributed by atoms with E-state index in [-0.39, 0.29) is 17.6 Å². The van der Waals surface area contributed by atoms with Gasteiger partial charge in [0.05, 0.1) is 5.69 Å². The normalized spacial score (nSPS) is 10.2. The van der Waals surface area contributed by atoms with Gasteiger partial charge >= 0.3 is 0 Å². The van der Waals surface area contributed by atoms with Gasteiger partial charge in [0.15, 0.2) is 0 Å². The molecule has 0 aliphatic carbocycles. The van der Waals surface area contributed by atoms with E-state index < -0.39 is 0 Å². The zero-order valence-corrected chi connectivity index (χ0v) is 12.0. The Labute approximate surface area is 122 Å². The van der Waals surface area contributed by atoms with Crippen molar-refractivity contribution >= 4 is 17.5 Å². The van der Waals surface area contributed by atoms with E-state index in [9.17, 15) is 9.59 Å². The van der Waals surface area contributed by atoms with Crippen LogP contribution in [0.3, 0.4) is 0 Å². The topological polar surface area (TPSA) is 84.2 Å². The van der Waals surface area contributed by atoms with Crippen molar-refractivity contribution in [1.82, 2.24) is 10.5 Å². The minimum absolute atomic E-state index is 0.00747. The maximum atomic E-state index is 11.9. The predicted molar refractivity (Wildman–Crippen MR) is 78.0 cm³/mol. The Hall–Kier alpha value is -2.63. The highest BCUT2D eigenvalue weighted by Gasteiger charge is 2.11. The number of aromatic nitrogens is 1. The van der Waals surface area contributed by atoms with Crippen LogP contribution in [0, 0.1) is 6.92 Å². The van der Waals surface area contributed by atoms with Crippen LogP contribution in [0.4, 0.5) is 5.69 Å². The number of hydrogen-bond donors (Lipinski definition) is 2. The number of hydrogen-bond acceptors (Lipinski definition) is 4. The zero-order valence-electron chi connectivity index (χ0n) is 12.0. The van der Waals surface area contributed by atoms with Crippen molar-refractivity contribution in [3.63, 3.8) is 0 Å². The summed E-state index contributed by atoms with van der Waals surface area (Å²) in [5.74, 6) is -0.155. The average Bonchev–Trinajstić information content (AvgIpc) is 2.93. The van der Waals surface area contributed by atoms with Gasteiger partial charge in [-0.25, -0.2) is 0 Å². The fourth-order valence-electron chi connectivity index (χ4n) is 1.80. The fourth-order valence-corrected chi connectivity index (χ4v) is 1.80. The molecule has 1 aromatic heterocycles. The number of aryl methyl sites for hydroxylation is 2. The van der Waals surface area contributed by atoms with E-state index in [1.165, 1.54) is 0 Å². The first-order valence-electron chi connectivity index (χ1n) is 6.62. The highest BCUT2D eigenvalue weighted by atomic mass is 16.5. The van der Waals surface area contributed by atoms with Gasteiger partial charge in [-0.15, -0.1) is 0 Å². The molecule has 0 bridgehead atoms. The number of anilines is 1. The summed E-state index contributed by atoms with van der Waals surface area (Å²) in [5.41, 5.74) is 2.36. The summed E-state index contributed by atoms with van der Waals surface area (Å²) >= 11 is 0. The molecule has 21 heavy (non-hydrogen) atoms. The largest absolute Gasteiger partial charge is 0.359 e. The van der Waals surface area contributed by atoms with Gasteiger partial charge in [-0.3, -0.25) is 9.59 Å². The van der Waals surface area contributed by atoms with E-state index in [1.807, 2.05) is 12.1 Å². The summed E-state index contributed by atoms with van der Waals surface area (Å²) in [6.45, 7) is 1.75. The van der Waals surface area contributed by atoms with Crippen LogP contribution < -0.4 is 10.6 Å². The van der Waals surface area contributed by atoms with Crippen LogP contribution in [0.25, 0.3) is 0 Å². The van der Waals surface area contributed by atoms with E-state index in [2.05, 4.69) is 15.8 Å². The monoisotopic (exact) mass is 287 g/mol.